The molecule has 0 saturated carbocycles. The molecule has 196 valence electrons. The number of ether oxygens (including phenoxy) is 1. The Balaban J connectivity index is 1.86. The van der Waals surface area contributed by atoms with Gasteiger partial charge in [0.05, 0.1) is 0 Å². The third-order valence-electron chi connectivity index (χ3n) is 6.13. The van der Waals surface area contributed by atoms with Crippen molar-refractivity contribution < 1.29 is 14.3 Å². The van der Waals surface area contributed by atoms with Gasteiger partial charge in [-0.2, -0.15) is 0 Å². The van der Waals surface area contributed by atoms with Crippen LogP contribution in [0.15, 0.2) is 83.3 Å². The first-order valence-corrected chi connectivity index (χ1v) is 13.6. The van der Waals surface area contributed by atoms with Crippen LogP contribution in [0.25, 0.3) is 0 Å². The summed E-state index contributed by atoms with van der Waals surface area (Å²) in [5.74, 6) is 0.945. The Kier molecular flexibility index (Phi) is 10.8. The Morgan fingerprint density at radius 3 is 2.11 bits per heavy atom. The smallest absolute Gasteiger partial charge is 0.261 e. The summed E-state index contributed by atoms with van der Waals surface area (Å²) < 4.78 is 6.84. The van der Waals surface area contributed by atoms with Crippen molar-refractivity contribution in [1.29, 1.82) is 0 Å². The summed E-state index contributed by atoms with van der Waals surface area (Å²) >= 11 is 3.47. The minimum Gasteiger partial charge on any atom is -0.484 e. The fourth-order valence-corrected chi connectivity index (χ4v) is 4.20. The van der Waals surface area contributed by atoms with Crippen molar-refractivity contribution in [1.82, 2.24) is 10.2 Å². The SMILES string of the molecule is CC(C)CNC(=O)C(Cc1ccccc1)N(Cc1ccc(Br)cc1)C(=O)COc1ccc(C(C)C)cc1. The van der Waals surface area contributed by atoms with Crippen molar-refractivity contribution in [2.75, 3.05) is 13.2 Å². The summed E-state index contributed by atoms with van der Waals surface area (Å²) in [6.07, 6.45) is 0.413. The maximum Gasteiger partial charge on any atom is 0.261 e. The quantitative estimate of drug-likeness (QED) is 0.278. The predicted octanol–water partition coefficient (Wildman–Crippen LogP) is 6.36. The lowest BCUT2D eigenvalue weighted by Crippen LogP contribution is -2.52. The maximum absolute atomic E-state index is 13.6. The van der Waals surface area contributed by atoms with Gasteiger partial charge in [0.2, 0.25) is 5.91 Å². The zero-order valence-corrected chi connectivity index (χ0v) is 23.7. The number of nitrogens with one attached hydrogen (secondary N) is 1. The zero-order chi connectivity index (χ0) is 26.8. The van der Waals surface area contributed by atoms with E-state index < -0.39 is 6.04 Å². The highest BCUT2D eigenvalue weighted by molar-refractivity contribution is 9.10. The van der Waals surface area contributed by atoms with Crippen LogP contribution in [0.4, 0.5) is 0 Å². The van der Waals surface area contributed by atoms with E-state index in [1.807, 2.05) is 78.9 Å². The maximum atomic E-state index is 13.6. The van der Waals surface area contributed by atoms with Crippen LogP contribution < -0.4 is 10.1 Å². The van der Waals surface area contributed by atoms with E-state index in [2.05, 4.69) is 48.9 Å². The number of hydrogen-bond donors (Lipinski definition) is 1. The molecule has 0 fully saturated rings. The molecule has 0 spiro atoms. The van der Waals surface area contributed by atoms with Crippen LogP contribution in [0.5, 0.6) is 5.75 Å². The van der Waals surface area contributed by atoms with Gasteiger partial charge in [0.1, 0.15) is 11.8 Å². The Bertz CT molecular complexity index is 1130. The molecule has 0 bridgehead atoms. The largest absolute Gasteiger partial charge is 0.484 e. The van der Waals surface area contributed by atoms with Crippen molar-refractivity contribution in [2.24, 2.45) is 5.92 Å². The van der Waals surface area contributed by atoms with Gasteiger partial charge in [-0.25, -0.2) is 0 Å². The highest BCUT2D eigenvalue weighted by Gasteiger charge is 2.30. The van der Waals surface area contributed by atoms with E-state index in [-0.39, 0.29) is 18.4 Å². The third kappa shape index (κ3) is 9.04. The van der Waals surface area contributed by atoms with Crippen LogP contribution in [-0.2, 0) is 22.6 Å². The van der Waals surface area contributed by atoms with Crippen molar-refractivity contribution in [3.05, 3.63) is 100 Å². The van der Waals surface area contributed by atoms with Crippen LogP contribution in [-0.4, -0.2) is 35.9 Å². The number of carbonyl (C=O) groups is 2. The molecule has 37 heavy (non-hydrogen) atoms. The van der Waals surface area contributed by atoms with Crippen LogP contribution in [0.3, 0.4) is 0 Å². The monoisotopic (exact) mass is 564 g/mol. The summed E-state index contributed by atoms with van der Waals surface area (Å²) in [5, 5.41) is 3.04. The minimum atomic E-state index is -0.677. The van der Waals surface area contributed by atoms with Gasteiger partial charge in [-0.05, 0) is 52.8 Å². The van der Waals surface area contributed by atoms with Gasteiger partial charge in [-0.3, -0.25) is 9.59 Å². The molecule has 3 aromatic rings. The molecule has 5 nitrogen and oxygen atoms in total. The molecule has 1 unspecified atom stereocenters. The number of nitrogens with zero attached hydrogens (tertiary/aromatic N) is 1. The Morgan fingerprint density at radius 1 is 0.865 bits per heavy atom. The second-order valence-electron chi connectivity index (χ2n) is 10.0. The van der Waals surface area contributed by atoms with E-state index >= 15 is 0 Å². The predicted molar refractivity (Wildman–Crippen MR) is 152 cm³/mol. The average molecular weight is 566 g/mol. The molecule has 0 aromatic heterocycles. The lowest BCUT2D eigenvalue weighted by molar-refractivity contribution is -0.142. The molecule has 2 amide bonds. The fourth-order valence-electron chi connectivity index (χ4n) is 3.94. The first-order valence-electron chi connectivity index (χ1n) is 12.8. The van der Waals surface area contributed by atoms with Crippen molar-refractivity contribution in [3.8, 4) is 5.75 Å². The van der Waals surface area contributed by atoms with Crippen LogP contribution in [0.1, 0.15) is 50.3 Å². The number of benzene rings is 3. The third-order valence-corrected chi connectivity index (χ3v) is 6.66. The van der Waals surface area contributed by atoms with E-state index in [1.165, 1.54) is 5.56 Å². The highest BCUT2D eigenvalue weighted by Crippen LogP contribution is 2.20. The first-order chi connectivity index (χ1) is 17.7. The standard InChI is InChI=1S/C31H37BrN2O3/c1-22(2)19-33-31(36)29(18-24-8-6-5-7-9-24)34(20-25-10-14-27(32)15-11-25)30(35)21-37-28-16-12-26(13-17-28)23(3)4/h5-17,22-23,29H,18-21H2,1-4H3,(H,33,36). The summed E-state index contributed by atoms with van der Waals surface area (Å²) in [7, 11) is 0. The summed E-state index contributed by atoms with van der Waals surface area (Å²) in [6.45, 7) is 9.07. The molecule has 1 N–H and O–H groups in total. The van der Waals surface area contributed by atoms with Gasteiger partial charge >= 0.3 is 0 Å². The zero-order valence-electron chi connectivity index (χ0n) is 22.1. The Morgan fingerprint density at radius 2 is 1.51 bits per heavy atom. The minimum absolute atomic E-state index is 0.152. The molecule has 3 aromatic carbocycles. The van der Waals surface area contributed by atoms with Gasteiger partial charge in [0.25, 0.3) is 5.91 Å². The number of hydrogen-bond acceptors (Lipinski definition) is 3. The van der Waals surface area contributed by atoms with E-state index in [0.29, 0.717) is 37.1 Å². The molecule has 0 radical (unpaired) electrons. The summed E-state index contributed by atoms with van der Waals surface area (Å²) in [4.78, 5) is 28.8. The summed E-state index contributed by atoms with van der Waals surface area (Å²) in [6, 6.07) is 24.7. The molecular weight excluding hydrogens is 528 g/mol. The van der Waals surface area contributed by atoms with E-state index in [1.54, 1.807) is 4.90 Å². The van der Waals surface area contributed by atoms with Gasteiger partial charge in [0, 0.05) is 24.0 Å². The lowest BCUT2D eigenvalue weighted by Gasteiger charge is -2.31. The van der Waals surface area contributed by atoms with Gasteiger partial charge in [-0.15, -0.1) is 0 Å². The Labute approximate surface area is 229 Å². The number of amides is 2. The molecule has 6 heteroatoms. The number of halogens is 1. The van der Waals surface area contributed by atoms with Crippen molar-refractivity contribution >= 4 is 27.7 Å². The van der Waals surface area contributed by atoms with Crippen molar-refractivity contribution in [3.63, 3.8) is 0 Å². The average Bonchev–Trinajstić information content (AvgIpc) is 2.89. The normalized spacial score (nSPS) is 11.9. The first kappa shape index (κ1) is 28.5. The topological polar surface area (TPSA) is 58.6 Å². The van der Waals surface area contributed by atoms with E-state index in [9.17, 15) is 9.59 Å². The van der Waals surface area contributed by atoms with Crippen LogP contribution in [0, 0.1) is 5.92 Å². The molecule has 0 heterocycles. The molecule has 0 saturated heterocycles. The van der Waals surface area contributed by atoms with E-state index in [4.69, 9.17) is 4.74 Å². The number of carbonyl (C=O) groups excluding carboxylic acids is 2. The molecule has 0 aliphatic carbocycles. The molecule has 3 rings (SSSR count). The molecule has 0 aliphatic heterocycles. The van der Waals surface area contributed by atoms with Gasteiger partial charge < -0.3 is 15.0 Å². The van der Waals surface area contributed by atoms with E-state index in [0.717, 1.165) is 15.6 Å². The lowest BCUT2D eigenvalue weighted by atomic mass is 10.0. The second kappa shape index (κ2) is 14.0. The van der Waals surface area contributed by atoms with Crippen LogP contribution in [0.2, 0.25) is 0 Å². The van der Waals surface area contributed by atoms with Crippen molar-refractivity contribution in [2.45, 2.75) is 52.6 Å². The molecule has 1 atom stereocenters. The summed E-state index contributed by atoms with van der Waals surface area (Å²) in [5.41, 5.74) is 3.14. The van der Waals surface area contributed by atoms with Gasteiger partial charge in [0.15, 0.2) is 6.61 Å². The molecular formula is C31H37BrN2O3. The number of rotatable bonds is 12. The van der Waals surface area contributed by atoms with Gasteiger partial charge in [-0.1, -0.05) is 98.2 Å². The van der Waals surface area contributed by atoms with Crippen LogP contribution >= 0.6 is 15.9 Å². The molecule has 0 aliphatic rings. The second-order valence-corrected chi connectivity index (χ2v) is 10.9. The Hall–Kier alpha value is -3.12. The fraction of sp³-hybridized carbons (Fsp3) is 0.355. The highest BCUT2D eigenvalue weighted by atomic mass is 79.9.